The number of piperidine rings is 1. The van der Waals surface area contributed by atoms with Gasteiger partial charge in [0.15, 0.2) is 11.6 Å². The van der Waals surface area contributed by atoms with Crippen molar-refractivity contribution >= 4 is 16.0 Å². The molecule has 1 heterocycles. The monoisotopic (exact) mass is 435 g/mol. The van der Waals surface area contributed by atoms with Crippen LogP contribution in [0, 0.1) is 35.0 Å². The standard InChI is InChI=1S/C18H14F5NO4S/c19-11-3-5-12(6-4-11)29(26,27)24-7-1-2-10(9-24)18(25)28-17-15(22)13(20)8-14(21)16(17)23/h3-6,8,10H,1-2,7,9H2. The Morgan fingerprint density at radius 1 is 1.00 bits per heavy atom. The lowest BCUT2D eigenvalue weighted by Gasteiger charge is -2.30. The van der Waals surface area contributed by atoms with E-state index in [9.17, 15) is 35.2 Å². The molecule has 0 bridgehead atoms. The quantitative estimate of drug-likeness (QED) is 0.320. The summed E-state index contributed by atoms with van der Waals surface area (Å²) in [5.41, 5.74) is 0. The number of ether oxygens (including phenoxy) is 1. The molecule has 2 aromatic carbocycles. The molecule has 5 nitrogen and oxygen atoms in total. The highest BCUT2D eigenvalue weighted by atomic mass is 32.2. The van der Waals surface area contributed by atoms with Gasteiger partial charge in [-0.05, 0) is 37.1 Å². The largest absolute Gasteiger partial charge is 0.420 e. The number of hydrogen-bond donors (Lipinski definition) is 0. The van der Waals surface area contributed by atoms with Crippen molar-refractivity contribution in [1.29, 1.82) is 0 Å². The first-order chi connectivity index (χ1) is 13.6. The van der Waals surface area contributed by atoms with Gasteiger partial charge in [-0.1, -0.05) is 0 Å². The summed E-state index contributed by atoms with van der Waals surface area (Å²) in [6, 6.07) is 4.03. The maximum atomic E-state index is 13.7. The van der Waals surface area contributed by atoms with Crippen LogP contribution in [0.4, 0.5) is 22.0 Å². The van der Waals surface area contributed by atoms with Crippen LogP contribution in [-0.4, -0.2) is 31.8 Å². The van der Waals surface area contributed by atoms with E-state index in [-0.39, 0.29) is 36.9 Å². The third kappa shape index (κ3) is 4.25. The third-order valence-corrected chi connectivity index (χ3v) is 6.32. The second kappa shape index (κ2) is 8.07. The number of esters is 1. The van der Waals surface area contributed by atoms with Crippen LogP contribution in [0.15, 0.2) is 35.2 Å². The van der Waals surface area contributed by atoms with E-state index >= 15 is 0 Å². The van der Waals surface area contributed by atoms with E-state index in [0.717, 1.165) is 28.6 Å². The van der Waals surface area contributed by atoms with E-state index in [1.54, 1.807) is 0 Å². The molecule has 0 saturated carbocycles. The minimum atomic E-state index is -4.06. The van der Waals surface area contributed by atoms with Gasteiger partial charge in [0.1, 0.15) is 5.82 Å². The Hall–Kier alpha value is -2.53. The van der Waals surface area contributed by atoms with Crippen LogP contribution in [0.25, 0.3) is 0 Å². The molecule has 2 aromatic rings. The highest BCUT2D eigenvalue weighted by Gasteiger charge is 2.35. The van der Waals surface area contributed by atoms with Gasteiger partial charge in [-0.2, -0.15) is 13.1 Å². The van der Waals surface area contributed by atoms with E-state index < -0.39 is 56.7 Å². The molecule has 29 heavy (non-hydrogen) atoms. The van der Waals surface area contributed by atoms with E-state index in [0.29, 0.717) is 0 Å². The first-order valence-electron chi connectivity index (χ1n) is 8.41. The summed E-state index contributed by atoms with van der Waals surface area (Å²) in [5, 5.41) is 0. The lowest BCUT2D eigenvalue weighted by atomic mass is 10.00. The number of nitrogens with zero attached hydrogens (tertiary/aromatic N) is 1. The smallest absolute Gasteiger partial charge is 0.315 e. The average molecular weight is 435 g/mol. The number of sulfonamides is 1. The Balaban J connectivity index is 1.79. The maximum Gasteiger partial charge on any atom is 0.315 e. The maximum absolute atomic E-state index is 13.7. The second-order valence-corrected chi connectivity index (χ2v) is 8.31. The first-order valence-corrected chi connectivity index (χ1v) is 9.85. The molecule has 0 amide bonds. The predicted octanol–water partition coefficient (Wildman–Crippen LogP) is 3.39. The van der Waals surface area contributed by atoms with Crippen LogP contribution >= 0.6 is 0 Å². The number of rotatable bonds is 4. The molecule has 1 aliphatic heterocycles. The van der Waals surface area contributed by atoms with Gasteiger partial charge in [-0.15, -0.1) is 0 Å². The van der Waals surface area contributed by atoms with Gasteiger partial charge < -0.3 is 4.74 Å². The van der Waals surface area contributed by atoms with Crippen LogP contribution in [0.1, 0.15) is 12.8 Å². The fraction of sp³-hybridized carbons (Fsp3) is 0.278. The molecule has 1 saturated heterocycles. The van der Waals surface area contributed by atoms with Crippen molar-refractivity contribution in [3.8, 4) is 5.75 Å². The van der Waals surface area contributed by atoms with Crippen molar-refractivity contribution in [2.24, 2.45) is 5.92 Å². The van der Waals surface area contributed by atoms with Crippen LogP contribution in [0.3, 0.4) is 0 Å². The summed E-state index contributed by atoms with van der Waals surface area (Å²) in [7, 11) is -4.06. The Bertz CT molecular complexity index is 1020. The normalized spacial score (nSPS) is 17.9. The fourth-order valence-corrected chi connectivity index (χ4v) is 4.46. The van der Waals surface area contributed by atoms with E-state index in [2.05, 4.69) is 4.74 Å². The summed E-state index contributed by atoms with van der Waals surface area (Å²) in [6.45, 7) is -0.319. The number of halogens is 5. The summed E-state index contributed by atoms with van der Waals surface area (Å²) in [5.74, 6) is -11.7. The zero-order chi connectivity index (χ0) is 21.3. The summed E-state index contributed by atoms with van der Waals surface area (Å²) in [6.07, 6.45) is 0.359. The predicted molar refractivity (Wildman–Crippen MR) is 89.8 cm³/mol. The number of hydrogen-bond acceptors (Lipinski definition) is 4. The van der Waals surface area contributed by atoms with Crippen LogP contribution in [0.2, 0.25) is 0 Å². The van der Waals surface area contributed by atoms with Crippen molar-refractivity contribution in [3.05, 3.63) is 59.4 Å². The minimum Gasteiger partial charge on any atom is -0.420 e. The molecule has 0 N–H and O–H groups in total. The zero-order valence-corrected chi connectivity index (χ0v) is 15.5. The molecule has 0 spiro atoms. The molecule has 1 unspecified atom stereocenters. The molecule has 1 atom stereocenters. The number of carbonyl (C=O) groups is 1. The summed E-state index contributed by atoms with van der Waals surface area (Å²) >= 11 is 0. The van der Waals surface area contributed by atoms with Crippen molar-refractivity contribution in [3.63, 3.8) is 0 Å². The SMILES string of the molecule is O=C(Oc1c(F)c(F)cc(F)c1F)C1CCCN(S(=O)(=O)c2ccc(F)cc2)C1. The molecule has 11 heteroatoms. The molecule has 0 aromatic heterocycles. The Morgan fingerprint density at radius 3 is 2.17 bits per heavy atom. The van der Waals surface area contributed by atoms with Gasteiger partial charge in [0, 0.05) is 19.2 Å². The Labute approximate surface area is 162 Å². The molecule has 3 rings (SSSR count). The third-order valence-electron chi connectivity index (χ3n) is 4.44. The highest BCUT2D eigenvalue weighted by Crippen LogP contribution is 2.29. The first kappa shape index (κ1) is 21.2. The van der Waals surface area contributed by atoms with Crippen molar-refractivity contribution < 1.29 is 39.9 Å². The minimum absolute atomic E-state index is 0.0282. The summed E-state index contributed by atoms with van der Waals surface area (Å²) in [4.78, 5) is 12.1. The summed E-state index contributed by atoms with van der Waals surface area (Å²) < 4.78 is 97.7. The average Bonchev–Trinajstić information content (AvgIpc) is 2.70. The van der Waals surface area contributed by atoms with Crippen LogP contribution in [-0.2, 0) is 14.8 Å². The number of benzene rings is 2. The Kier molecular flexibility index (Phi) is 5.90. The van der Waals surface area contributed by atoms with E-state index in [1.165, 1.54) is 0 Å². The van der Waals surface area contributed by atoms with Gasteiger partial charge in [-0.25, -0.2) is 21.6 Å². The van der Waals surface area contributed by atoms with Crippen LogP contribution in [0.5, 0.6) is 5.75 Å². The topological polar surface area (TPSA) is 63.7 Å². The Morgan fingerprint density at radius 2 is 1.59 bits per heavy atom. The van der Waals surface area contributed by atoms with Crippen molar-refractivity contribution in [1.82, 2.24) is 4.31 Å². The number of carbonyl (C=O) groups excluding carboxylic acids is 1. The van der Waals surface area contributed by atoms with Gasteiger partial charge in [0.05, 0.1) is 10.8 Å². The molecule has 1 fully saturated rings. The molecule has 156 valence electrons. The van der Waals surface area contributed by atoms with Crippen molar-refractivity contribution in [2.75, 3.05) is 13.1 Å². The van der Waals surface area contributed by atoms with E-state index in [1.807, 2.05) is 0 Å². The fourth-order valence-electron chi connectivity index (χ4n) is 2.93. The van der Waals surface area contributed by atoms with Gasteiger partial charge in [0.25, 0.3) is 0 Å². The second-order valence-electron chi connectivity index (χ2n) is 6.37. The molecule has 0 radical (unpaired) electrons. The molecule has 0 aliphatic carbocycles. The lowest BCUT2D eigenvalue weighted by molar-refractivity contribution is -0.140. The highest BCUT2D eigenvalue weighted by molar-refractivity contribution is 7.89. The van der Waals surface area contributed by atoms with Gasteiger partial charge in [0.2, 0.25) is 27.4 Å². The zero-order valence-electron chi connectivity index (χ0n) is 14.7. The van der Waals surface area contributed by atoms with Crippen molar-refractivity contribution in [2.45, 2.75) is 17.7 Å². The molecule has 1 aliphatic rings. The molecular formula is C18H14F5NO4S. The lowest BCUT2D eigenvalue weighted by Crippen LogP contribution is -2.43. The van der Waals surface area contributed by atoms with Crippen LogP contribution < -0.4 is 4.74 Å². The van der Waals surface area contributed by atoms with Gasteiger partial charge >= 0.3 is 5.97 Å². The van der Waals surface area contributed by atoms with E-state index in [4.69, 9.17) is 0 Å². The van der Waals surface area contributed by atoms with Gasteiger partial charge in [-0.3, -0.25) is 4.79 Å². The molecular weight excluding hydrogens is 421 g/mol.